The number of oxime groups is 1. The fourth-order valence-corrected chi connectivity index (χ4v) is 3.04. The van der Waals surface area contributed by atoms with Crippen molar-refractivity contribution in [3.05, 3.63) is 84.2 Å². The van der Waals surface area contributed by atoms with Gasteiger partial charge in [0.25, 0.3) is 0 Å². The van der Waals surface area contributed by atoms with E-state index in [2.05, 4.69) is 22.3 Å². The van der Waals surface area contributed by atoms with Gasteiger partial charge in [0, 0.05) is 17.3 Å². The Morgan fingerprint density at radius 2 is 1.88 bits per heavy atom. The predicted molar refractivity (Wildman–Crippen MR) is 100 cm³/mol. The molecule has 0 amide bonds. The van der Waals surface area contributed by atoms with E-state index in [1.807, 2.05) is 71.4 Å². The van der Waals surface area contributed by atoms with Crippen molar-refractivity contribution in [2.45, 2.75) is 0 Å². The van der Waals surface area contributed by atoms with Gasteiger partial charge in [-0.05, 0) is 35.4 Å². The minimum Gasteiger partial charge on any atom is -0.411 e. The molecule has 0 radical (unpaired) electrons. The molecule has 0 saturated heterocycles. The molecule has 4 rings (SSSR count). The number of benzene rings is 2. The highest BCUT2D eigenvalue weighted by molar-refractivity contribution is 5.81. The highest BCUT2D eigenvalue weighted by Gasteiger charge is 2.09. The van der Waals surface area contributed by atoms with Crippen molar-refractivity contribution in [2.24, 2.45) is 5.16 Å². The second-order valence-corrected chi connectivity index (χ2v) is 5.81. The van der Waals surface area contributed by atoms with Crippen molar-refractivity contribution >= 4 is 11.9 Å². The highest BCUT2D eigenvalue weighted by Crippen LogP contribution is 2.28. The number of hydrogen-bond acceptors (Lipinski definition) is 4. The molecule has 1 N–H and O–H groups in total. The summed E-state index contributed by atoms with van der Waals surface area (Å²) in [5, 5.41) is 21.1. The van der Waals surface area contributed by atoms with Crippen LogP contribution in [0.2, 0.25) is 0 Å². The summed E-state index contributed by atoms with van der Waals surface area (Å²) in [6.07, 6.45) is 5.07. The molecule has 5 heteroatoms. The van der Waals surface area contributed by atoms with E-state index in [-0.39, 0.29) is 0 Å². The Bertz CT molecular complexity index is 1170. The summed E-state index contributed by atoms with van der Waals surface area (Å²) in [4.78, 5) is 4.44. The van der Waals surface area contributed by atoms with Gasteiger partial charge >= 0.3 is 0 Å². The van der Waals surface area contributed by atoms with Gasteiger partial charge in [-0.25, -0.2) is 4.98 Å². The van der Waals surface area contributed by atoms with Crippen molar-refractivity contribution in [3.8, 4) is 28.5 Å². The van der Waals surface area contributed by atoms with Crippen LogP contribution in [-0.4, -0.2) is 20.8 Å². The van der Waals surface area contributed by atoms with Crippen LogP contribution < -0.4 is 0 Å². The lowest BCUT2D eigenvalue weighted by molar-refractivity contribution is 0.322. The van der Waals surface area contributed by atoms with Crippen molar-refractivity contribution in [1.29, 1.82) is 5.26 Å². The predicted octanol–water partition coefficient (Wildman–Crippen LogP) is 4.35. The molecule has 26 heavy (non-hydrogen) atoms. The molecule has 0 spiro atoms. The number of imidazole rings is 1. The molecule has 0 aliphatic rings. The summed E-state index contributed by atoms with van der Waals surface area (Å²) in [5.41, 5.74) is 6.03. The maximum absolute atomic E-state index is 9.35. The van der Waals surface area contributed by atoms with Gasteiger partial charge in [0.1, 0.15) is 5.65 Å². The molecule has 0 atom stereocenters. The second kappa shape index (κ2) is 6.54. The van der Waals surface area contributed by atoms with Crippen LogP contribution in [0.3, 0.4) is 0 Å². The molecule has 0 aliphatic heterocycles. The maximum atomic E-state index is 9.35. The normalized spacial score (nSPS) is 11.0. The van der Waals surface area contributed by atoms with E-state index in [1.54, 1.807) is 0 Å². The molecule has 0 aliphatic carbocycles. The van der Waals surface area contributed by atoms with Gasteiger partial charge in [-0.15, -0.1) is 0 Å². The molecule has 2 aromatic heterocycles. The number of pyridine rings is 1. The quantitative estimate of drug-likeness (QED) is 0.343. The van der Waals surface area contributed by atoms with E-state index in [0.29, 0.717) is 5.56 Å². The summed E-state index contributed by atoms with van der Waals surface area (Å²) in [6.45, 7) is 0. The van der Waals surface area contributed by atoms with E-state index in [0.717, 1.165) is 33.6 Å². The lowest BCUT2D eigenvalue weighted by Crippen LogP contribution is -1.91. The molecule has 0 fully saturated rings. The van der Waals surface area contributed by atoms with Gasteiger partial charge in [0.2, 0.25) is 0 Å². The Kier molecular flexibility index (Phi) is 3.92. The van der Waals surface area contributed by atoms with Gasteiger partial charge in [-0.2, -0.15) is 5.26 Å². The van der Waals surface area contributed by atoms with Gasteiger partial charge in [-0.3, -0.25) is 4.40 Å². The van der Waals surface area contributed by atoms with E-state index in [4.69, 9.17) is 5.21 Å². The first-order valence-electron chi connectivity index (χ1n) is 8.04. The average molecular weight is 338 g/mol. The van der Waals surface area contributed by atoms with Crippen LogP contribution >= 0.6 is 0 Å². The Morgan fingerprint density at radius 1 is 1.04 bits per heavy atom. The summed E-state index contributed by atoms with van der Waals surface area (Å²) in [7, 11) is 0. The average Bonchev–Trinajstić information content (AvgIpc) is 3.11. The fourth-order valence-electron chi connectivity index (χ4n) is 3.04. The van der Waals surface area contributed by atoms with Crippen LogP contribution in [0.4, 0.5) is 0 Å². The first-order chi connectivity index (χ1) is 12.8. The fraction of sp³-hybridized carbons (Fsp3) is 0. The largest absolute Gasteiger partial charge is 0.411 e. The molecular formula is C21H14N4O. The van der Waals surface area contributed by atoms with Crippen LogP contribution in [-0.2, 0) is 0 Å². The summed E-state index contributed by atoms with van der Waals surface area (Å²) < 4.78 is 1.98. The summed E-state index contributed by atoms with van der Waals surface area (Å²) >= 11 is 0. The van der Waals surface area contributed by atoms with Crippen molar-refractivity contribution in [2.75, 3.05) is 0 Å². The van der Waals surface area contributed by atoms with E-state index >= 15 is 0 Å². The molecule has 124 valence electrons. The third-order valence-electron chi connectivity index (χ3n) is 4.26. The zero-order valence-electron chi connectivity index (χ0n) is 13.7. The molecule has 0 unspecified atom stereocenters. The Hall–Kier alpha value is -3.91. The monoisotopic (exact) mass is 338 g/mol. The SMILES string of the molecule is N#Cc1ccccc1-c1cccc(-c2cnc3cc(C=NO)ccn23)c1. The standard InChI is InChI=1S/C21H14N4O/c22-12-18-4-1-2-7-19(18)16-5-3-6-17(11-16)20-14-23-21-10-15(13-24-26)8-9-25(20)21/h1-11,13-14,26H. The molecule has 2 heterocycles. The third-order valence-corrected chi connectivity index (χ3v) is 4.26. The lowest BCUT2D eigenvalue weighted by atomic mass is 9.98. The van der Waals surface area contributed by atoms with E-state index < -0.39 is 0 Å². The zero-order valence-corrected chi connectivity index (χ0v) is 13.7. The van der Waals surface area contributed by atoms with Crippen LogP contribution in [0.1, 0.15) is 11.1 Å². The zero-order chi connectivity index (χ0) is 17.9. The van der Waals surface area contributed by atoms with Crippen LogP contribution in [0.15, 0.2) is 78.2 Å². The van der Waals surface area contributed by atoms with Crippen LogP contribution in [0.25, 0.3) is 28.0 Å². The topological polar surface area (TPSA) is 73.7 Å². The molecule has 5 nitrogen and oxygen atoms in total. The van der Waals surface area contributed by atoms with Crippen molar-refractivity contribution in [3.63, 3.8) is 0 Å². The summed E-state index contributed by atoms with van der Waals surface area (Å²) in [6, 6.07) is 21.6. The van der Waals surface area contributed by atoms with Gasteiger partial charge in [-0.1, -0.05) is 41.6 Å². The number of nitrogens with zero attached hydrogens (tertiary/aromatic N) is 4. The number of nitriles is 1. The van der Waals surface area contributed by atoms with E-state index in [1.165, 1.54) is 6.21 Å². The van der Waals surface area contributed by atoms with Gasteiger partial charge < -0.3 is 5.21 Å². The molecule has 2 aromatic carbocycles. The Morgan fingerprint density at radius 3 is 2.73 bits per heavy atom. The maximum Gasteiger partial charge on any atom is 0.137 e. The van der Waals surface area contributed by atoms with E-state index in [9.17, 15) is 5.26 Å². The molecule has 4 aromatic rings. The number of rotatable bonds is 3. The summed E-state index contributed by atoms with van der Waals surface area (Å²) in [5.74, 6) is 0. The number of aromatic nitrogens is 2. The van der Waals surface area contributed by atoms with Crippen LogP contribution in [0, 0.1) is 11.3 Å². The Balaban J connectivity index is 1.82. The van der Waals surface area contributed by atoms with Crippen molar-refractivity contribution < 1.29 is 5.21 Å². The third kappa shape index (κ3) is 2.70. The minimum atomic E-state index is 0.649. The molecule has 0 saturated carbocycles. The number of hydrogen-bond donors (Lipinski definition) is 1. The molecule has 0 bridgehead atoms. The highest BCUT2D eigenvalue weighted by atomic mass is 16.4. The smallest absolute Gasteiger partial charge is 0.137 e. The minimum absolute atomic E-state index is 0.649. The second-order valence-electron chi connectivity index (χ2n) is 5.81. The first-order valence-corrected chi connectivity index (χ1v) is 8.04. The van der Waals surface area contributed by atoms with Gasteiger partial charge in [0.05, 0.1) is 29.7 Å². The molecular weight excluding hydrogens is 324 g/mol. The lowest BCUT2D eigenvalue weighted by Gasteiger charge is -2.07. The number of fused-ring (bicyclic) bond motifs is 1. The van der Waals surface area contributed by atoms with Crippen LogP contribution in [0.5, 0.6) is 0 Å². The first kappa shape index (κ1) is 15.6. The Labute approximate surface area is 150 Å². The van der Waals surface area contributed by atoms with Gasteiger partial charge in [0.15, 0.2) is 0 Å². The van der Waals surface area contributed by atoms with Crippen molar-refractivity contribution in [1.82, 2.24) is 9.38 Å².